The second kappa shape index (κ2) is 7.08. The van der Waals surface area contributed by atoms with Crippen LogP contribution in [0.5, 0.6) is 5.75 Å². The molecule has 0 aliphatic heterocycles. The summed E-state index contributed by atoms with van der Waals surface area (Å²) in [6.45, 7) is 0. The van der Waals surface area contributed by atoms with Crippen LogP contribution in [0.2, 0.25) is 0 Å². The number of aliphatic carboxylic acids is 1. The van der Waals surface area contributed by atoms with Gasteiger partial charge in [-0.05, 0) is 24.3 Å². The maximum atomic E-state index is 12.1. The third-order valence-corrected chi connectivity index (χ3v) is 2.95. The van der Waals surface area contributed by atoms with Crippen LogP contribution in [0.3, 0.4) is 0 Å². The molecular formula is C17H15NO4. The third-order valence-electron chi connectivity index (χ3n) is 2.95. The van der Waals surface area contributed by atoms with Crippen LogP contribution < -0.4 is 10.1 Å². The number of benzene rings is 2. The van der Waals surface area contributed by atoms with E-state index in [9.17, 15) is 14.7 Å². The number of hydrogen-bond acceptors (Lipinski definition) is 3. The summed E-state index contributed by atoms with van der Waals surface area (Å²) in [6.07, 6.45) is 1.36. The molecule has 0 heterocycles. The van der Waals surface area contributed by atoms with Gasteiger partial charge in [0.1, 0.15) is 11.4 Å². The first-order chi connectivity index (χ1) is 10.6. The van der Waals surface area contributed by atoms with Crippen molar-refractivity contribution in [2.75, 3.05) is 7.11 Å². The molecule has 0 aliphatic carbocycles. The minimum absolute atomic E-state index is 0.224. The largest absolute Gasteiger partial charge is 0.496 e. The molecule has 0 aliphatic rings. The van der Waals surface area contributed by atoms with Gasteiger partial charge in [0.25, 0.3) is 5.91 Å². The number of methoxy groups -OCH3 is 1. The molecule has 0 aromatic heterocycles. The van der Waals surface area contributed by atoms with Crippen molar-refractivity contribution in [3.05, 3.63) is 71.4 Å². The lowest BCUT2D eigenvalue weighted by Crippen LogP contribution is -2.27. The van der Waals surface area contributed by atoms with Crippen LogP contribution in [0, 0.1) is 0 Å². The van der Waals surface area contributed by atoms with E-state index in [4.69, 9.17) is 4.74 Å². The van der Waals surface area contributed by atoms with Crippen LogP contribution in [0.4, 0.5) is 0 Å². The van der Waals surface area contributed by atoms with Gasteiger partial charge in [-0.1, -0.05) is 36.4 Å². The number of hydrogen-bond donors (Lipinski definition) is 2. The molecule has 0 bridgehead atoms. The normalized spacial score (nSPS) is 10.9. The van der Waals surface area contributed by atoms with E-state index in [-0.39, 0.29) is 5.70 Å². The molecule has 0 atom stereocenters. The van der Waals surface area contributed by atoms with E-state index in [2.05, 4.69) is 5.32 Å². The maximum Gasteiger partial charge on any atom is 0.352 e. The lowest BCUT2D eigenvalue weighted by atomic mass is 10.1. The highest BCUT2D eigenvalue weighted by Gasteiger charge is 2.14. The molecule has 22 heavy (non-hydrogen) atoms. The van der Waals surface area contributed by atoms with E-state index < -0.39 is 11.9 Å². The quantitative estimate of drug-likeness (QED) is 0.832. The van der Waals surface area contributed by atoms with Crippen LogP contribution in [-0.2, 0) is 4.79 Å². The van der Waals surface area contributed by atoms with Crippen molar-refractivity contribution < 1.29 is 19.4 Å². The van der Waals surface area contributed by atoms with Crippen LogP contribution in [-0.4, -0.2) is 24.1 Å². The van der Waals surface area contributed by atoms with Crippen molar-refractivity contribution in [2.45, 2.75) is 0 Å². The molecule has 5 nitrogen and oxygen atoms in total. The predicted octanol–water partition coefficient (Wildman–Crippen LogP) is 2.55. The minimum Gasteiger partial charge on any atom is -0.496 e. The number of nitrogens with one attached hydrogen (secondary N) is 1. The summed E-state index contributed by atoms with van der Waals surface area (Å²) in [5.74, 6) is -1.19. The fourth-order valence-corrected chi connectivity index (χ4v) is 1.88. The van der Waals surface area contributed by atoms with Crippen molar-refractivity contribution in [3.8, 4) is 5.75 Å². The number of amides is 1. The van der Waals surface area contributed by atoms with Crippen molar-refractivity contribution in [1.29, 1.82) is 0 Å². The SMILES string of the molecule is COc1ccccc1/C=C(\NC(=O)c1ccccc1)C(=O)O. The standard InChI is InChI=1S/C17H15NO4/c1-22-15-10-6-5-9-13(15)11-14(17(20)21)18-16(19)12-7-3-2-4-8-12/h2-11H,1H3,(H,18,19)(H,20,21)/b14-11-. The summed E-state index contributed by atoms with van der Waals surface area (Å²) in [5.41, 5.74) is 0.726. The third kappa shape index (κ3) is 3.73. The summed E-state index contributed by atoms with van der Waals surface area (Å²) in [6, 6.07) is 15.4. The number of para-hydroxylation sites is 1. The molecule has 0 saturated carbocycles. The predicted molar refractivity (Wildman–Crippen MR) is 82.5 cm³/mol. The van der Waals surface area contributed by atoms with Crippen LogP contribution >= 0.6 is 0 Å². The molecule has 0 saturated heterocycles. The van der Waals surface area contributed by atoms with E-state index >= 15 is 0 Å². The Labute approximate surface area is 127 Å². The van der Waals surface area contributed by atoms with E-state index in [1.807, 2.05) is 0 Å². The lowest BCUT2D eigenvalue weighted by molar-refractivity contribution is -0.132. The van der Waals surface area contributed by atoms with E-state index in [0.717, 1.165) is 0 Å². The molecule has 2 aromatic carbocycles. The zero-order chi connectivity index (χ0) is 15.9. The molecule has 112 valence electrons. The van der Waals surface area contributed by atoms with Crippen molar-refractivity contribution >= 4 is 18.0 Å². The summed E-state index contributed by atoms with van der Waals surface area (Å²) in [7, 11) is 1.50. The Morgan fingerprint density at radius 1 is 1.05 bits per heavy atom. The molecule has 2 aromatic rings. The second-order valence-electron chi connectivity index (χ2n) is 4.43. The van der Waals surface area contributed by atoms with Gasteiger partial charge in [-0.2, -0.15) is 0 Å². The summed E-state index contributed by atoms with van der Waals surface area (Å²) >= 11 is 0. The van der Waals surface area contributed by atoms with Gasteiger partial charge in [0.05, 0.1) is 7.11 Å². The average molecular weight is 297 g/mol. The summed E-state index contributed by atoms with van der Waals surface area (Å²) < 4.78 is 5.17. The fraction of sp³-hybridized carbons (Fsp3) is 0.0588. The number of carbonyl (C=O) groups excluding carboxylic acids is 1. The van der Waals surface area contributed by atoms with E-state index in [1.54, 1.807) is 54.6 Å². The zero-order valence-electron chi connectivity index (χ0n) is 11.9. The van der Waals surface area contributed by atoms with Crippen molar-refractivity contribution in [2.24, 2.45) is 0 Å². The molecular weight excluding hydrogens is 282 g/mol. The molecule has 5 heteroatoms. The first kappa shape index (κ1) is 15.3. The highest BCUT2D eigenvalue weighted by atomic mass is 16.5. The van der Waals surface area contributed by atoms with Crippen LogP contribution in [0.1, 0.15) is 15.9 Å². The Morgan fingerprint density at radius 2 is 1.68 bits per heavy atom. The summed E-state index contributed by atoms with van der Waals surface area (Å²) in [4.78, 5) is 23.4. The Bertz CT molecular complexity index is 708. The number of carbonyl (C=O) groups is 2. The first-order valence-corrected chi connectivity index (χ1v) is 6.56. The Kier molecular flexibility index (Phi) is 4.93. The van der Waals surface area contributed by atoms with E-state index in [1.165, 1.54) is 13.2 Å². The second-order valence-corrected chi connectivity index (χ2v) is 4.43. The Balaban J connectivity index is 2.29. The molecule has 0 fully saturated rings. The van der Waals surface area contributed by atoms with E-state index in [0.29, 0.717) is 16.9 Å². The topological polar surface area (TPSA) is 75.6 Å². The smallest absolute Gasteiger partial charge is 0.352 e. The van der Waals surface area contributed by atoms with Crippen LogP contribution in [0.15, 0.2) is 60.3 Å². The lowest BCUT2D eigenvalue weighted by Gasteiger charge is -2.08. The van der Waals surface area contributed by atoms with Crippen molar-refractivity contribution in [1.82, 2.24) is 5.32 Å². The van der Waals surface area contributed by atoms with Crippen LogP contribution in [0.25, 0.3) is 6.08 Å². The van der Waals surface area contributed by atoms with Crippen molar-refractivity contribution in [3.63, 3.8) is 0 Å². The fourth-order valence-electron chi connectivity index (χ4n) is 1.88. The molecule has 0 spiro atoms. The zero-order valence-corrected chi connectivity index (χ0v) is 11.9. The number of carboxylic acids is 1. The first-order valence-electron chi connectivity index (χ1n) is 6.56. The minimum atomic E-state index is -1.23. The molecule has 1 amide bonds. The van der Waals surface area contributed by atoms with Gasteiger partial charge in [-0.15, -0.1) is 0 Å². The van der Waals surface area contributed by atoms with Gasteiger partial charge in [0, 0.05) is 11.1 Å². The van der Waals surface area contributed by atoms with Gasteiger partial charge in [-0.25, -0.2) is 4.79 Å². The molecule has 0 radical (unpaired) electrons. The molecule has 0 unspecified atom stereocenters. The Hall–Kier alpha value is -3.08. The molecule has 2 rings (SSSR count). The highest BCUT2D eigenvalue weighted by molar-refractivity contribution is 6.02. The van der Waals surface area contributed by atoms with Gasteiger partial charge in [0.2, 0.25) is 0 Å². The Morgan fingerprint density at radius 3 is 2.32 bits per heavy atom. The average Bonchev–Trinajstić information content (AvgIpc) is 2.55. The number of carboxylic acid groups (broad SMARTS) is 1. The number of ether oxygens (including phenoxy) is 1. The van der Waals surface area contributed by atoms with Gasteiger partial charge in [0.15, 0.2) is 0 Å². The number of rotatable bonds is 5. The van der Waals surface area contributed by atoms with Gasteiger partial charge < -0.3 is 15.2 Å². The van der Waals surface area contributed by atoms with Gasteiger partial charge >= 0.3 is 5.97 Å². The summed E-state index contributed by atoms with van der Waals surface area (Å²) in [5, 5.41) is 11.7. The van der Waals surface area contributed by atoms with Gasteiger partial charge in [-0.3, -0.25) is 4.79 Å². The molecule has 2 N–H and O–H groups in total. The monoisotopic (exact) mass is 297 g/mol. The highest BCUT2D eigenvalue weighted by Crippen LogP contribution is 2.20. The maximum absolute atomic E-state index is 12.1.